The number of nitrogen functional groups attached to an aromatic ring is 1. The highest BCUT2D eigenvalue weighted by molar-refractivity contribution is 7.18. The van der Waals surface area contributed by atoms with Gasteiger partial charge in [-0.25, -0.2) is 9.59 Å². The van der Waals surface area contributed by atoms with E-state index in [0.717, 1.165) is 11.3 Å². The highest BCUT2D eigenvalue weighted by Gasteiger charge is 2.23. The summed E-state index contributed by atoms with van der Waals surface area (Å²) in [4.78, 5) is 24.1. The fourth-order valence-corrected chi connectivity index (χ4v) is 3.39. The van der Waals surface area contributed by atoms with Crippen molar-refractivity contribution in [2.75, 3.05) is 12.3 Å². The minimum Gasteiger partial charge on any atom is -0.462 e. The summed E-state index contributed by atoms with van der Waals surface area (Å²) in [7, 11) is 0. The summed E-state index contributed by atoms with van der Waals surface area (Å²) in [5.74, 6) is -1.31. The highest BCUT2D eigenvalue weighted by atomic mass is 35.5. The Morgan fingerprint density at radius 3 is 2.74 bits per heavy atom. The maximum Gasteiger partial charge on any atom is 0.348 e. The Morgan fingerprint density at radius 1 is 1.33 bits per heavy atom. The third-order valence-corrected chi connectivity index (χ3v) is 5.22. The van der Waals surface area contributed by atoms with E-state index in [1.165, 1.54) is 12.2 Å². The van der Waals surface area contributed by atoms with Crippen LogP contribution in [0.5, 0.6) is 0 Å². The molecule has 0 aliphatic carbocycles. The maximum atomic E-state index is 12.0. The maximum absolute atomic E-state index is 12.0. The molecule has 6 nitrogen and oxygen atoms in total. The van der Waals surface area contributed by atoms with Gasteiger partial charge in [0, 0.05) is 11.6 Å². The molecule has 0 amide bonds. The summed E-state index contributed by atoms with van der Waals surface area (Å²) < 4.78 is 10.1. The standard InChI is InChI=1S/C18H14Cl2N2O4S/c1-2-25-18(24)16-12(11(8-21)17(22)27-16)9-26-14(23)7-6-10-4-3-5-13(19)15(10)20/h3-7H,2,9,22H2,1H3/b7-6+. The molecule has 2 rings (SSSR count). The van der Waals surface area contributed by atoms with E-state index in [-0.39, 0.29) is 34.2 Å². The second-order valence-corrected chi connectivity index (χ2v) is 6.90. The lowest BCUT2D eigenvalue weighted by Gasteiger charge is -2.05. The molecular formula is C18H14Cl2N2O4S. The van der Waals surface area contributed by atoms with E-state index < -0.39 is 11.9 Å². The van der Waals surface area contributed by atoms with Crippen LogP contribution in [0, 0.1) is 11.3 Å². The average molecular weight is 425 g/mol. The van der Waals surface area contributed by atoms with E-state index in [4.69, 9.17) is 38.4 Å². The van der Waals surface area contributed by atoms with Gasteiger partial charge < -0.3 is 15.2 Å². The first-order valence-corrected chi connectivity index (χ1v) is 9.23. The van der Waals surface area contributed by atoms with Gasteiger partial charge in [0.1, 0.15) is 22.6 Å². The van der Waals surface area contributed by atoms with Crippen molar-refractivity contribution >= 4 is 57.6 Å². The Kier molecular flexibility index (Phi) is 7.25. The van der Waals surface area contributed by atoms with E-state index in [0.29, 0.717) is 15.6 Å². The predicted octanol–water partition coefficient (Wildman–Crippen LogP) is 4.44. The zero-order valence-corrected chi connectivity index (χ0v) is 16.5. The largest absolute Gasteiger partial charge is 0.462 e. The van der Waals surface area contributed by atoms with Crippen molar-refractivity contribution in [3.8, 4) is 6.07 Å². The van der Waals surface area contributed by atoms with Crippen LogP contribution < -0.4 is 5.73 Å². The number of thiophene rings is 1. The number of carbonyl (C=O) groups excluding carboxylic acids is 2. The van der Waals surface area contributed by atoms with Crippen LogP contribution in [0.2, 0.25) is 10.0 Å². The Bertz CT molecular complexity index is 948. The Hall–Kier alpha value is -2.53. The van der Waals surface area contributed by atoms with E-state index in [1.807, 2.05) is 6.07 Å². The van der Waals surface area contributed by atoms with Crippen molar-refractivity contribution in [2.24, 2.45) is 0 Å². The second kappa shape index (κ2) is 9.42. The van der Waals surface area contributed by atoms with Gasteiger partial charge in [-0.2, -0.15) is 5.26 Å². The minimum absolute atomic E-state index is 0.0951. The smallest absolute Gasteiger partial charge is 0.348 e. The first-order valence-electron chi connectivity index (χ1n) is 7.66. The molecule has 140 valence electrons. The predicted molar refractivity (Wildman–Crippen MR) is 105 cm³/mol. The molecule has 1 aromatic heterocycles. The zero-order chi connectivity index (χ0) is 20.0. The molecule has 0 spiro atoms. The Morgan fingerprint density at radius 2 is 2.07 bits per heavy atom. The van der Waals surface area contributed by atoms with Gasteiger partial charge in [0.25, 0.3) is 0 Å². The van der Waals surface area contributed by atoms with E-state index in [1.54, 1.807) is 25.1 Å². The second-order valence-electron chi connectivity index (χ2n) is 5.07. The number of ether oxygens (including phenoxy) is 2. The number of halogens is 2. The fourth-order valence-electron chi connectivity index (χ4n) is 2.11. The van der Waals surface area contributed by atoms with E-state index in [9.17, 15) is 14.9 Å². The number of esters is 2. The van der Waals surface area contributed by atoms with Crippen LogP contribution in [0.3, 0.4) is 0 Å². The van der Waals surface area contributed by atoms with Crippen LogP contribution >= 0.6 is 34.5 Å². The van der Waals surface area contributed by atoms with Gasteiger partial charge in [-0.3, -0.25) is 0 Å². The molecule has 2 N–H and O–H groups in total. The summed E-state index contributed by atoms with van der Waals surface area (Å²) in [6.45, 7) is 1.53. The number of benzene rings is 1. The van der Waals surface area contributed by atoms with Crippen LogP contribution in [-0.2, 0) is 20.9 Å². The molecule has 0 saturated heterocycles. The molecule has 9 heteroatoms. The number of rotatable bonds is 6. The quantitative estimate of drug-likeness (QED) is 0.542. The van der Waals surface area contributed by atoms with Gasteiger partial charge in [-0.1, -0.05) is 35.3 Å². The lowest BCUT2D eigenvalue weighted by Crippen LogP contribution is -2.08. The first-order chi connectivity index (χ1) is 12.9. The zero-order valence-electron chi connectivity index (χ0n) is 14.1. The van der Waals surface area contributed by atoms with Gasteiger partial charge in [-0.15, -0.1) is 11.3 Å². The Balaban J connectivity index is 2.15. The molecule has 1 aromatic carbocycles. The topological polar surface area (TPSA) is 102 Å². The third-order valence-electron chi connectivity index (χ3n) is 3.35. The molecule has 1 heterocycles. The lowest BCUT2D eigenvalue weighted by molar-refractivity contribution is -0.138. The number of nitrogens with zero attached hydrogens (tertiary/aromatic N) is 1. The van der Waals surface area contributed by atoms with Gasteiger partial charge in [0.15, 0.2) is 0 Å². The SMILES string of the molecule is CCOC(=O)c1sc(N)c(C#N)c1COC(=O)/C=C/c1cccc(Cl)c1Cl. The van der Waals surface area contributed by atoms with Gasteiger partial charge in [0.2, 0.25) is 0 Å². The molecule has 0 saturated carbocycles. The number of nitrogens with two attached hydrogens (primary N) is 1. The van der Waals surface area contributed by atoms with Crippen molar-refractivity contribution in [3.05, 3.63) is 55.9 Å². The molecule has 0 radical (unpaired) electrons. The molecule has 0 fully saturated rings. The van der Waals surface area contributed by atoms with Crippen molar-refractivity contribution < 1.29 is 19.1 Å². The summed E-state index contributed by atoms with van der Waals surface area (Å²) >= 11 is 12.9. The fraction of sp³-hybridized carbons (Fsp3) is 0.167. The van der Waals surface area contributed by atoms with Crippen molar-refractivity contribution in [2.45, 2.75) is 13.5 Å². The molecule has 2 aromatic rings. The van der Waals surface area contributed by atoms with Crippen LogP contribution in [-0.4, -0.2) is 18.5 Å². The van der Waals surface area contributed by atoms with Crippen molar-refractivity contribution in [1.82, 2.24) is 0 Å². The number of anilines is 1. The monoisotopic (exact) mass is 424 g/mol. The number of hydrogen-bond acceptors (Lipinski definition) is 7. The van der Waals surface area contributed by atoms with Gasteiger partial charge in [-0.05, 0) is 24.6 Å². The average Bonchev–Trinajstić information content (AvgIpc) is 2.97. The number of nitriles is 1. The van der Waals surface area contributed by atoms with Crippen LogP contribution in [0.4, 0.5) is 5.00 Å². The third kappa shape index (κ3) is 5.01. The molecule has 0 atom stereocenters. The molecule has 0 aliphatic heterocycles. The minimum atomic E-state index is -0.686. The highest BCUT2D eigenvalue weighted by Crippen LogP contribution is 2.32. The van der Waals surface area contributed by atoms with E-state index in [2.05, 4.69) is 0 Å². The van der Waals surface area contributed by atoms with Gasteiger partial charge >= 0.3 is 11.9 Å². The summed E-state index contributed by atoms with van der Waals surface area (Å²) in [6, 6.07) is 6.92. The molecule has 0 aliphatic rings. The summed E-state index contributed by atoms with van der Waals surface area (Å²) in [5, 5.41) is 10.1. The summed E-state index contributed by atoms with van der Waals surface area (Å²) in [5.41, 5.74) is 6.63. The number of carbonyl (C=O) groups is 2. The van der Waals surface area contributed by atoms with Crippen molar-refractivity contribution in [1.29, 1.82) is 5.26 Å². The molecule has 0 unspecified atom stereocenters. The summed E-state index contributed by atoms with van der Waals surface area (Å²) in [6.07, 6.45) is 2.62. The van der Waals surface area contributed by atoms with Gasteiger partial charge in [0.05, 0.1) is 22.2 Å². The lowest BCUT2D eigenvalue weighted by atomic mass is 10.1. The normalized spacial score (nSPS) is 10.6. The van der Waals surface area contributed by atoms with Crippen LogP contribution in [0.1, 0.15) is 33.3 Å². The van der Waals surface area contributed by atoms with E-state index >= 15 is 0 Å². The van der Waals surface area contributed by atoms with Crippen molar-refractivity contribution in [3.63, 3.8) is 0 Å². The molecule has 27 heavy (non-hydrogen) atoms. The van der Waals surface area contributed by atoms with Crippen LogP contribution in [0.25, 0.3) is 6.08 Å². The number of hydrogen-bond donors (Lipinski definition) is 1. The molecule has 0 bridgehead atoms. The molecular weight excluding hydrogens is 411 g/mol. The van der Waals surface area contributed by atoms with Crippen LogP contribution in [0.15, 0.2) is 24.3 Å². The first kappa shape index (κ1) is 20.8. The Labute approximate surface area is 169 Å².